The van der Waals surface area contributed by atoms with Gasteiger partial charge in [-0.15, -0.1) is 11.3 Å². The highest BCUT2D eigenvalue weighted by molar-refractivity contribution is 9.10. The number of carbonyl (C=O) groups is 2. The van der Waals surface area contributed by atoms with Crippen LogP contribution in [-0.2, 0) is 9.59 Å². The molecule has 0 spiro atoms. The van der Waals surface area contributed by atoms with E-state index < -0.39 is 5.97 Å². The number of hydrogen-bond donors (Lipinski definition) is 1. The van der Waals surface area contributed by atoms with Gasteiger partial charge in [-0.1, -0.05) is 0 Å². The minimum absolute atomic E-state index is 0.0438. The van der Waals surface area contributed by atoms with Gasteiger partial charge in [-0.05, 0) is 56.0 Å². The molecular weight excluding hydrogens is 394 g/mol. The van der Waals surface area contributed by atoms with Gasteiger partial charge in [0.25, 0.3) is 0 Å². The third kappa shape index (κ3) is 4.78. The second-order valence-corrected chi connectivity index (χ2v) is 8.26. The molecular formula is C16H24BrN3O3S. The molecule has 1 unspecified atom stereocenters. The standard InChI is InChI=1S/C16H24BrN3O3S/c1-18(2)15(13-8-11(17)10-24-13)16(23)20-6-4-12(5-7-20)19(3)9-14(21)22/h8,10,12,15H,4-7,9H2,1-3H3,(H,21,22). The zero-order chi connectivity index (χ0) is 17.9. The van der Waals surface area contributed by atoms with E-state index in [1.165, 1.54) is 0 Å². The molecule has 6 nitrogen and oxygen atoms in total. The summed E-state index contributed by atoms with van der Waals surface area (Å²) in [6.45, 7) is 1.39. The average molecular weight is 418 g/mol. The molecule has 1 N–H and O–H groups in total. The second-order valence-electron chi connectivity index (χ2n) is 6.40. The Kier molecular flexibility index (Phi) is 6.79. The van der Waals surface area contributed by atoms with E-state index in [2.05, 4.69) is 15.9 Å². The van der Waals surface area contributed by atoms with Gasteiger partial charge < -0.3 is 10.0 Å². The van der Waals surface area contributed by atoms with E-state index in [0.717, 1.165) is 22.2 Å². The highest BCUT2D eigenvalue weighted by Crippen LogP contribution is 2.30. The molecule has 1 aliphatic heterocycles. The third-order valence-corrected chi connectivity index (χ3v) is 6.14. The maximum Gasteiger partial charge on any atom is 0.317 e. The van der Waals surface area contributed by atoms with Gasteiger partial charge in [-0.25, -0.2) is 0 Å². The first kappa shape index (κ1) is 19.4. The molecule has 1 amide bonds. The Morgan fingerprint density at radius 1 is 1.38 bits per heavy atom. The van der Waals surface area contributed by atoms with E-state index in [0.29, 0.717) is 13.1 Å². The zero-order valence-corrected chi connectivity index (χ0v) is 16.6. The topological polar surface area (TPSA) is 64.1 Å². The third-order valence-electron chi connectivity index (χ3n) is 4.39. The number of carboxylic acids is 1. The van der Waals surface area contributed by atoms with Gasteiger partial charge in [0.05, 0.1) is 6.54 Å². The number of likely N-dealkylation sites (tertiary alicyclic amines) is 1. The van der Waals surface area contributed by atoms with Gasteiger partial charge >= 0.3 is 5.97 Å². The smallest absolute Gasteiger partial charge is 0.317 e. The summed E-state index contributed by atoms with van der Waals surface area (Å²) in [5.74, 6) is -0.694. The summed E-state index contributed by atoms with van der Waals surface area (Å²) in [6, 6.07) is 1.95. The summed E-state index contributed by atoms with van der Waals surface area (Å²) in [7, 11) is 5.68. The lowest BCUT2D eigenvalue weighted by atomic mass is 10.0. The second kappa shape index (κ2) is 8.42. The summed E-state index contributed by atoms with van der Waals surface area (Å²) in [5.41, 5.74) is 0. The molecule has 0 aliphatic carbocycles. The van der Waals surface area contributed by atoms with Crippen molar-refractivity contribution in [1.29, 1.82) is 0 Å². The van der Waals surface area contributed by atoms with Crippen molar-refractivity contribution in [3.63, 3.8) is 0 Å². The van der Waals surface area contributed by atoms with Crippen LogP contribution in [0.4, 0.5) is 0 Å². The minimum atomic E-state index is -0.813. The molecule has 2 rings (SSSR count). The molecule has 134 valence electrons. The van der Waals surface area contributed by atoms with Crippen LogP contribution in [0.1, 0.15) is 23.8 Å². The van der Waals surface area contributed by atoms with Crippen molar-refractivity contribution in [2.45, 2.75) is 24.9 Å². The van der Waals surface area contributed by atoms with Crippen LogP contribution < -0.4 is 0 Å². The van der Waals surface area contributed by atoms with Crippen LogP contribution in [0.25, 0.3) is 0 Å². The maximum atomic E-state index is 13.0. The average Bonchev–Trinajstić information content (AvgIpc) is 2.92. The molecule has 0 aromatic carbocycles. The molecule has 1 fully saturated rings. The number of halogens is 1. The Morgan fingerprint density at radius 2 is 2.00 bits per heavy atom. The van der Waals surface area contributed by atoms with E-state index in [1.807, 2.05) is 47.3 Å². The van der Waals surface area contributed by atoms with Crippen molar-refractivity contribution < 1.29 is 14.7 Å². The van der Waals surface area contributed by atoms with E-state index >= 15 is 0 Å². The van der Waals surface area contributed by atoms with Crippen molar-refractivity contribution >= 4 is 39.1 Å². The highest BCUT2D eigenvalue weighted by atomic mass is 79.9. The number of carbonyl (C=O) groups excluding carboxylic acids is 1. The molecule has 2 heterocycles. The SMILES string of the molecule is CN(C)C(C(=O)N1CCC(N(C)CC(=O)O)CC1)c1cc(Br)cs1. The van der Waals surface area contributed by atoms with Crippen LogP contribution in [0.5, 0.6) is 0 Å². The fourth-order valence-corrected chi connectivity index (χ4v) is 4.74. The van der Waals surface area contributed by atoms with Crippen LogP contribution in [0.2, 0.25) is 0 Å². The Morgan fingerprint density at radius 3 is 2.46 bits per heavy atom. The fraction of sp³-hybridized carbons (Fsp3) is 0.625. The first-order valence-corrected chi connectivity index (χ1v) is 9.58. The molecule has 8 heteroatoms. The Labute approximate surface area is 155 Å². The summed E-state index contributed by atoms with van der Waals surface area (Å²) in [4.78, 5) is 30.6. The monoisotopic (exact) mass is 417 g/mol. The number of amides is 1. The Balaban J connectivity index is 1.99. The molecule has 1 aliphatic rings. The lowest BCUT2D eigenvalue weighted by Crippen LogP contribution is -2.49. The van der Waals surface area contributed by atoms with E-state index in [4.69, 9.17) is 5.11 Å². The summed E-state index contributed by atoms with van der Waals surface area (Å²) >= 11 is 5.03. The molecule has 0 bridgehead atoms. The summed E-state index contributed by atoms with van der Waals surface area (Å²) < 4.78 is 0.996. The van der Waals surface area contributed by atoms with E-state index in [-0.39, 0.29) is 24.5 Å². The Hall–Kier alpha value is -0.960. The molecule has 24 heavy (non-hydrogen) atoms. The number of thiophene rings is 1. The van der Waals surface area contributed by atoms with Crippen molar-refractivity contribution in [2.24, 2.45) is 0 Å². The van der Waals surface area contributed by atoms with Crippen LogP contribution in [0.15, 0.2) is 15.9 Å². The van der Waals surface area contributed by atoms with Crippen molar-refractivity contribution in [1.82, 2.24) is 14.7 Å². The van der Waals surface area contributed by atoms with Gasteiger partial charge in [-0.2, -0.15) is 0 Å². The van der Waals surface area contributed by atoms with Crippen molar-refractivity contribution in [3.05, 3.63) is 20.8 Å². The lowest BCUT2D eigenvalue weighted by Gasteiger charge is -2.38. The predicted molar refractivity (Wildman–Crippen MR) is 98.3 cm³/mol. The summed E-state index contributed by atoms with van der Waals surface area (Å²) in [6.07, 6.45) is 1.62. The molecule has 1 aromatic rings. The lowest BCUT2D eigenvalue weighted by molar-refractivity contribution is -0.141. The van der Waals surface area contributed by atoms with Crippen LogP contribution >= 0.6 is 27.3 Å². The normalized spacial score (nSPS) is 17.5. The van der Waals surface area contributed by atoms with Crippen LogP contribution in [0, 0.1) is 0 Å². The number of carboxylic acid groups (broad SMARTS) is 1. The summed E-state index contributed by atoms with van der Waals surface area (Å²) in [5, 5.41) is 10.9. The van der Waals surface area contributed by atoms with Gasteiger partial charge in [0, 0.05) is 33.9 Å². The maximum absolute atomic E-state index is 13.0. The number of nitrogens with zero attached hydrogens (tertiary/aromatic N) is 3. The van der Waals surface area contributed by atoms with Gasteiger partial charge in [0.15, 0.2) is 0 Å². The van der Waals surface area contributed by atoms with Crippen LogP contribution in [0.3, 0.4) is 0 Å². The predicted octanol–water partition coefficient (Wildman–Crippen LogP) is 2.12. The quantitative estimate of drug-likeness (QED) is 0.767. The van der Waals surface area contributed by atoms with E-state index in [9.17, 15) is 9.59 Å². The highest BCUT2D eigenvalue weighted by Gasteiger charge is 2.32. The first-order chi connectivity index (χ1) is 11.3. The first-order valence-electron chi connectivity index (χ1n) is 7.90. The number of piperidine rings is 1. The number of rotatable bonds is 6. The zero-order valence-electron chi connectivity index (χ0n) is 14.2. The van der Waals surface area contributed by atoms with Crippen LogP contribution in [-0.4, -0.2) is 78.5 Å². The largest absolute Gasteiger partial charge is 0.480 e. The van der Waals surface area contributed by atoms with Gasteiger partial charge in [0.1, 0.15) is 6.04 Å². The molecule has 0 radical (unpaired) electrons. The molecule has 1 saturated heterocycles. The molecule has 1 atom stereocenters. The minimum Gasteiger partial charge on any atom is -0.480 e. The molecule has 0 saturated carbocycles. The van der Waals surface area contributed by atoms with Crippen molar-refractivity contribution in [3.8, 4) is 0 Å². The van der Waals surface area contributed by atoms with Gasteiger partial charge in [-0.3, -0.25) is 19.4 Å². The number of likely N-dealkylation sites (N-methyl/N-ethyl adjacent to an activating group) is 2. The Bertz CT molecular complexity index is 585. The van der Waals surface area contributed by atoms with E-state index in [1.54, 1.807) is 11.3 Å². The van der Waals surface area contributed by atoms with Crippen molar-refractivity contribution in [2.75, 3.05) is 40.8 Å². The number of hydrogen-bond acceptors (Lipinski definition) is 5. The molecule has 1 aromatic heterocycles. The fourth-order valence-electron chi connectivity index (χ4n) is 3.11. The number of aliphatic carboxylic acids is 1. The van der Waals surface area contributed by atoms with Gasteiger partial charge in [0.2, 0.25) is 5.91 Å².